The summed E-state index contributed by atoms with van der Waals surface area (Å²) in [5, 5.41) is 0. The second kappa shape index (κ2) is 7.26. The Morgan fingerprint density at radius 1 is 1.07 bits per heavy atom. The van der Waals surface area contributed by atoms with Gasteiger partial charge in [-0.3, -0.25) is 9.59 Å². The van der Waals surface area contributed by atoms with E-state index in [1.165, 1.54) is 17.0 Å². The van der Waals surface area contributed by atoms with Gasteiger partial charge in [0.2, 0.25) is 0 Å². The van der Waals surface area contributed by atoms with Gasteiger partial charge < -0.3 is 9.64 Å². The fourth-order valence-corrected chi connectivity index (χ4v) is 2.85. The number of alkyl halides is 3. The van der Waals surface area contributed by atoms with Crippen LogP contribution in [0.4, 0.5) is 13.2 Å². The van der Waals surface area contributed by atoms with E-state index in [4.69, 9.17) is 4.74 Å². The highest BCUT2D eigenvalue weighted by Crippen LogP contribution is 2.31. The highest BCUT2D eigenvalue weighted by atomic mass is 19.4. The summed E-state index contributed by atoms with van der Waals surface area (Å²) in [6.45, 7) is 3.70. The first-order valence-corrected chi connectivity index (χ1v) is 8.19. The average molecular weight is 375 g/mol. The molecule has 0 fully saturated rings. The van der Waals surface area contributed by atoms with Gasteiger partial charge in [0.1, 0.15) is 6.61 Å². The lowest BCUT2D eigenvalue weighted by Crippen LogP contribution is -2.26. The second-order valence-electron chi connectivity index (χ2n) is 6.06. The summed E-state index contributed by atoms with van der Waals surface area (Å²) in [6, 6.07) is 11.6. The number of esters is 1. The molecule has 2 aromatic rings. The van der Waals surface area contributed by atoms with Crippen molar-refractivity contribution in [2.24, 2.45) is 0 Å². The third kappa shape index (κ3) is 4.02. The lowest BCUT2D eigenvalue weighted by molar-refractivity contribution is -0.145. The smallest absolute Gasteiger partial charge is 0.416 e. The molecular weight excluding hydrogens is 359 g/mol. The number of hydrogen-bond donors (Lipinski definition) is 0. The molecule has 0 N–H and O–H groups in total. The van der Waals surface area contributed by atoms with Gasteiger partial charge in [-0.15, -0.1) is 0 Å². The molecule has 1 aliphatic heterocycles. The summed E-state index contributed by atoms with van der Waals surface area (Å²) < 4.78 is 43.1. The van der Waals surface area contributed by atoms with E-state index in [1.807, 2.05) is 0 Å². The molecule has 27 heavy (non-hydrogen) atoms. The number of carbonyl (C=O) groups excluding carboxylic acids is 2. The Labute approximate surface area is 153 Å². The zero-order chi connectivity index (χ0) is 19.6. The van der Waals surface area contributed by atoms with E-state index in [0.29, 0.717) is 11.3 Å². The average Bonchev–Trinajstić information content (AvgIpc) is 2.89. The number of rotatable bonds is 5. The zero-order valence-corrected chi connectivity index (χ0v) is 14.3. The number of carbonyl (C=O) groups is 2. The molecule has 0 saturated carbocycles. The van der Waals surface area contributed by atoms with Crippen LogP contribution in [0.25, 0.3) is 5.70 Å². The van der Waals surface area contributed by atoms with Gasteiger partial charge in [-0.05, 0) is 23.8 Å². The van der Waals surface area contributed by atoms with Crippen molar-refractivity contribution in [2.45, 2.75) is 19.2 Å². The molecule has 0 aliphatic carbocycles. The van der Waals surface area contributed by atoms with Crippen molar-refractivity contribution in [1.29, 1.82) is 0 Å². The number of ether oxygens (including phenoxy) is 1. The molecule has 0 bridgehead atoms. The zero-order valence-electron chi connectivity index (χ0n) is 14.3. The molecule has 0 atom stereocenters. The monoisotopic (exact) mass is 375 g/mol. The molecule has 0 radical (unpaired) electrons. The maximum absolute atomic E-state index is 12.7. The van der Waals surface area contributed by atoms with Gasteiger partial charge >= 0.3 is 12.1 Å². The van der Waals surface area contributed by atoms with Crippen LogP contribution in [0.15, 0.2) is 55.1 Å². The normalized spacial score (nSPS) is 13.7. The van der Waals surface area contributed by atoms with Gasteiger partial charge in [-0.1, -0.05) is 36.9 Å². The second-order valence-corrected chi connectivity index (χ2v) is 6.06. The third-order valence-electron chi connectivity index (χ3n) is 4.23. The van der Waals surface area contributed by atoms with Gasteiger partial charge in [-0.2, -0.15) is 13.2 Å². The first-order valence-electron chi connectivity index (χ1n) is 8.19. The molecule has 140 valence electrons. The van der Waals surface area contributed by atoms with Gasteiger partial charge in [0.25, 0.3) is 5.91 Å². The van der Waals surface area contributed by atoms with Crippen LogP contribution >= 0.6 is 0 Å². The van der Waals surface area contributed by atoms with Crippen molar-refractivity contribution in [3.8, 4) is 0 Å². The van der Waals surface area contributed by atoms with Crippen LogP contribution in [-0.4, -0.2) is 23.3 Å². The third-order valence-corrected chi connectivity index (χ3v) is 4.23. The van der Waals surface area contributed by atoms with Crippen molar-refractivity contribution < 1.29 is 27.5 Å². The van der Waals surface area contributed by atoms with E-state index in [2.05, 4.69) is 6.58 Å². The number of amides is 1. The molecule has 1 amide bonds. The Hall–Kier alpha value is -3.09. The predicted octanol–water partition coefficient (Wildman–Crippen LogP) is 4.27. The Morgan fingerprint density at radius 3 is 2.44 bits per heavy atom. The maximum atomic E-state index is 12.7. The number of nitrogens with zero attached hydrogens (tertiary/aromatic N) is 1. The number of fused-ring (bicyclic) bond motifs is 1. The number of benzene rings is 2. The van der Waals surface area contributed by atoms with Gasteiger partial charge in [0, 0.05) is 23.4 Å². The first kappa shape index (κ1) is 18.7. The van der Waals surface area contributed by atoms with Crippen LogP contribution < -0.4 is 0 Å². The van der Waals surface area contributed by atoms with Crippen LogP contribution in [0.1, 0.15) is 33.5 Å². The van der Waals surface area contributed by atoms with Crippen LogP contribution in [0, 0.1) is 0 Å². The highest BCUT2D eigenvalue weighted by molar-refractivity contribution is 6.08. The van der Waals surface area contributed by atoms with Crippen molar-refractivity contribution in [3.05, 3.63) is 77.4 Å². The van der Waals surface area contributed by atoms with Crippen LogP contribution in [-0.2, 0) is 22.3 Å². The summed E-state index contributed by atoms with van der Waals surface area (Å²) in [6.07, 6.45) is -4.54. The summed E-state index contributed by atoms with van der Waals surface area (Å²) >= 11 is 0. The summed E-state index contributed by atoms with van der Waals surface area (Å²) in [5.74, 6) is -0.842. The van der Waals surface area contributed by atoms with E-state index < -0.39 is 17.7 Å². The highest BCUT2D eigenvalue weighted by Gasteiger charge is 2.31. The van der Waals surface area contributed by atoms with Crippen molar-refractivity contribution in [3.63, 3.8) is 0 Å². The summed E-state index contributed by atoms with van der Waals surface area (Å²) in [4.78, 5) is 25.7. The lowest BCUT2D eigenvalue weighted by Gasteiger charge is -2.16. The van der Waals surface area contributed by atoms with E-state index >= 15 is 0 Å². The predicted molar refractivity (Wildman–Crippen MR) is 92.4 cm³/mol. The van der Waals surface area contributed by atoms with Crippen molar-refractivity contribution in [2.75, 3.05) is 6.54 Å². The van der Waals surface area contributed by atoms with Crippen molar-refractivity contribution >= 4 is 17.6 Å². The lowest BCUT2D eigenvalue weighted by atomic mass is 10.1. The topological polar surface area (TPSA) is 46.6 Å². The largest absolute Gasteiger partial charge is 0.461 e. The quantitative estimate of drug-likeness (QED) is 0.734. The van der Waals surface area contributed by atoms with Gasteiger partial charge in [0.15, 0.2) is 0 Å². The van der Waals surface area contributed by atoms with Crippen molar-refractivity contribution in [1.82, 2.24) is 4.90 Å². The van der Waals surface area contributed by atoms with E-state index in [9.17, 15) is 22.8 Å². The van der Waals surface area contributed by atoms with Crippen LogP contribution in [0.5, 0.6) is 0 Å². The fraction of sp³-hybridized carbons (Fsp3) is 0.200. The molecule has 7 heteroatoms. The molecule has 0 saturated heterocycles. The molecule has 3 rings (SSSR count). The Balaban J connectivity index is 1.54. The van der Waals surface area contributed by atoms with E-state index in [1.54, 1.807) is 24.3 Å². The SMILES string of the molecule is C=C1c2ccccc2C(=O)N1CCC(=O)OCc1cccc(C(F)(F)F)c1. The molecule has 1 aliphatic rings. The standard InChI is InChI=1S/C20H16F3NO3/c1-13-16-7-2-3-8-17(16)19(26)24(13)10-9-18(25)27-12-14-5-4-6-15(11-14)20(21,22)23/h2-8,11H,1,9-10,12H2. The molecule has 0 spiro atoms. The van der Waals surface area contributed by atoms with Crippen LogP contribution in [0.2, 0.25) is 0 Å². The minimum Gasteiger partial charge on any atom is -0.461 e. The van der Waals surface area contributed by atoms with Gasteiger partial charge in [-0.25, -0.2) is 0 Å². The van der Waals surface area contributed by atoms with Crippen LogP contribution in [0.3, 0.4) is 0 Å². The Kier molecular flexibility index (Phi) is 5.03. The summed E-state index contributed by atoms with van der Waals surface area (Å²) in [7, 11) is 0. The molecule has 0 aromatic heterocycles. The first-order chi connectivity index (χ1) is 12.8. The Morgan fingerprint density at radius 2 is 1.78 bits per heavy atom. The van der Waals surface area contributed by atoms with Gasteiger partial charge in [0.05, 0.1) is 12.0 Å². The number of hydrogen-bond acceptors (Lipinski definition) is 3. The summed E-state index contributed by atoms with van der Waals surface area (Å²) in [5.41, 5.74) is 1.21. The molecule has 1 heterocycles. The molecule has 2 aromatic carbocycles. The maximum Gasteiger partial charge on any atom is 0.416 e. The number of halogens is 3. The fourth-order valence-electron chi connectivity index (χ4n) is 2.85. The molecule has 0 unspecified atom stereocenters. The minimum atomic E-state index is -4.45. The Bertz CT molecular complexity index is 870. The minimum absolute atomic E-state index is 0.0856. The van der Waals surface area contributed by atoms with E-state index in [-0.39, 0.29) is 31.0 Å². The van der Waals surface area contributed by atoms with E-state index in [0.717, 1.165) is 17.7 Å². The molecular formula is C20H16F3NO3. The molecule has 4 nitrogen and oxygen atoms in total.